The second-order valence-corrected chi connectivity index (χ2v) is 7.28. The minimum atomic E-state index is -0.531. The van der Waals surface area contributed by atoms with E-state index in [4.69, 9.17) is 23.2 Å². The molecular weight excluding hydrogens is 443 g/mol. The third-order valence-corrected chi connectivity index (χ3v) is 4.64. The van der Waals surface area contributed by atoms with Crippen molar-refractivity contribution in [3.8, 4) is 0 Å². The van der Waals surface area contributed by atoms with Crippen molar-refractivity contribution in [1.29, 1.82) is 0 Å². The smallest absolute Gasteiger partial charge is 0.295 e. The number of aromatic amines is 1. The summed E-state index contributed by atoms with van der Waals surface area (Å²) in [5, 5.41) is 0.753. The van der Waals surface area contributed by atoms with Gasteiger partial charge in [0.05, 0.1) is 11.0 Å². The summed E-state index contributed by atoms with van der Waals surface area (Å²) in [6.07, 6.45) is 1.41. The van der Waals surface area contributed by atoms with E-state index in [0.717, 1.165) is 5.56 Å². The Bertz CT molecular complexity index is 1100. The number of carbonyl (C=O) groups excluding carboxylic acids is 1. The Morgan fingerprint density at radius 2 is 1.73 bits per heavy atom. The number of H-pyrrole nitrogens is 1. The number of rotatable bonds is 4. The summed E-state index contributed by atoms with van der Waals surface area (Å²) in [5.41, 5.74) is 0.524. The van der Waals surface area contributed by atoms with Crippen LogP contribution < -0.4 is 11.2 Å². The molecule has 1 N–H and O–H groups in total. The highest BCUT2D eigenvalue weighted by molar-refractivity contribution is 9.10. The normalized spacial score (nSPS) is 10.7. The number of nitrogens with one attached hydrogen (secondary N) is 1. The summed E-state index contributed by atoms with van der Waals surface area (Å²) in [5.74, 6) is -0.230. The highest BCUT2D eigenvalue weighted by atomic mass is 79.9. The van der Waals surface area contributed by atoms with Gasteiger partial charge >= 0.3 is 5.69 Å². The summed E-state index contributed by atoms with van der Waals surface area (Å²) >= 11 is 15.0. The molecule has 0 amide bonds. The molecule has 5 nitrogen and oxygen atoms in total. The van der Waals surface area contributed by atoms with Gasteiger partial charge in [0.25, 0.3) is 5.56 Å². The van der Waals surface area contributed by atoms with Crippen LogP contribution in [-0.2, 0) is 6.54 Å². The lowest BCUT2D eigenvalue weighted by Crippen LogP contribution is -2.30. The second kappa shape index (κ2) is 7.61. The van der Waals surface area contributed by atoms with E-state index in [1.54, 1.807) is 42.5 Å². The molecule has 0 aliphatic heterocycles. The van der Waals surface area contributed by atoms with Crippen LogP contribution in [-0.4, -0.2) is 15.3 Å². The van der Waals surface area contributed by atoms with Crippen LogP contribution in [0.3, 0.4) is 0 Å². The molecule has 1 heterocycles. The quantitative estimate of drug-likeness (QED) is 0.609. The summed E-state index contributed by atoms with van der Waals surface area (Å²) in [6, 6.07) is 11.5. The highest BCUT2D eigenvalue weighted by Gasteiger charge is 2.12. The van der Waals surface area contributed by atoms with Crippen LogP contribution in [0.25, 0.3) is 0 Å². The Labute approximate surface area is 166 Å². The van der Waals surface area contributed by atoms with Gasteiger partial charge in [0.1, 0.15) is 0 Å². The molecular formula is C18H11BrCl2N2O3. The van der Waals surface area contributed by atoms with Crippen molar-refractivity contribution in [2.45, 2.75) is 6.54 Å². The molecule has 0 aliphatic carbocycles. The molecule has 132 valence electrons. The molecule has 0 fully saturated rings. The zero-order valence-corrected chi connectivity index (χ0v) is 16.2. The lowest BCUT2D eigenvalue weighted by molar-refractivity contribution is 0.103. The number of hydrogen-bond donors (Lipinski definition) is 1. The summed E-state index contributed by atoms with van der Waals surface area (Å²) in [6.45, 7) is 0.200. The van der Waals surface area contributed by atoms with E-state index in [2.05, 4.69) is 20.9 Å². The van der Waals surface area contributed by atoms with Gasteiger partial charge in [-0.15, -0.1) is 0 Å². The summed E-state index contributed by atoms with van der Waals surface area (Å²) < 4.78 is 1.59. The summed E-state index contributed by atoms with van der Waals surface area (Å²) in [4.78, 5) is 38.2. The van der Waals surface area contributed by atoms with Crippen LogP contribution in [0.15, 0.2) is 62.7 Å². The lowest BCUT2D eigenvalue weighted by atomic mass is 10.0. The fourth-order valence-corrected chi connectivity index (χ4v) is 3.33. The third-order valence-electron chi connectivity index (χ3n) is 3.63. The fraction of sp³-hybridized carbons (Fsp3) is 0.0556. The number of nitrogens with zero attached hydrogens (tertiary/aromatic N) is 1. The van der Waals surface area contributed by atoms with Crippen molar-refractivity contribution >= 4 is 44.9 Å². The van der Waals surface area contributed by atoms with Gasteiger partial charge in [0, 0.05) is 27.4 Å². The maximum absolute atomic E-state index is 12.7. The molecule has 0 bridgehead atoms. The van der Waals surface area contributed by atoms with Crippen LogP contribution in [0.5, 0.6) is 0 Å². The molecule has 3 rings (SSSR count). The van der Waals surface area contributed by atoms with Crippen molar-refractivity contribution in [3.05, 3.63) is 101 Å². The van der Waals surface area contributed by atoms with Gasteiger partial charge in [-0.3, -0.25) is 19.1 Å². The van der Waals surface area contributed by atoms with Crippen molar-refractivity contribution in [2.24, 2.45) is 0 Å². The molecule has 0 spiro atoms. The zero-order chi connectivity index (χ0) is 18.8. The van der Waals surface area contributed by atoms with Crippen molar-refractivity contribution < 1.29 is 4.79 Å². The molecule has 2 aromatic carbocycles. The lowest BCUT2D eigenvalue weighted by Gasteiger charge is -2.08. The molecule has 8 heteroatoms. The number of carbonyl (C=O) groups is 1. The van der Waals surface area contributed by atoms with Crippen molar-refractivity contribution in [3.63, 3.8) is 0 Å². The minimum absolute atomic E-state index is 0.200. The largest absolute Gasteiger partial charge is 0.328 e. The van der Waals surface area contributed by atoms with Gasteiger partial charge < -0.3 is 0 Å². The van der Waals surface area contributed by atoms with Crippen LogP contribution in [0, 0.1) is 0 Å². The predicted molar refractivity (Wildman–Crippen MR) is 104 cm³/mol. The van der Waals surface area contributed by atoms with E-state index in [1.807, 2.05) is 0 Å². The van der Waals surface area contributed by atoms with Gasteiger partial charge in [-0.25, -0.2) is 4.79 Å². The molecule has 0 unspecified atom stereocenters. The first-order chi connectivity index (χ1) is 12.3. The Hall–Kier alpha value is -2.15. The monoisotopic (exact) mass is 452 g/mol. The minimum Gasteiger partial charge on any atom is -0.295 e. The Morgan fingerprint density at radius 1 is 1.04 bits per heavy atom. The van der Waals surface area contributed by atoms with Crippen molar-refractivity contribution in [1.82, 2.24) is 9.55 Å². The summed E-state index contributed by atoms with van der Waals surface area (Å²) in [7, 11) is 0. The molecule has 26 heavy (non-hydrogen) atoms. The van der Waals surface area contributed by atoms with Gasteiger partial charge in [-0.1, -0.05) is 41.4 Å². The number of benzene rings is 2. The van der Waals surface area contributed by atoms with E-state index >= 15 is 0 Å². The Kier molecular flexibility index (Phi) is 5.46. The molecule has 0 saturated carbocycles. The first-order valence-electron chi connectivity index (χ1n) is 7.42. The molecule has 0 aliphatic rings. The van der Waals surface area contributed by atoms with Gasteiger partial charge in [0.15, 0.2) is 5.78 Å². The molecule has 0 saturated heterocycles. The molecule has 0 radical (unpaired) electrons. The van der Waals surface area contributed by atoms with Crippen LogP contribution in [0.1, 0.15) is 21.5 Å². The number of aromatic nitrogens is 2. The van der Waals surface area contributed by atoms with E-state index in [-0.39, 0.29) is 16.8 Å². The Balaban J connectivity index is 1.93. The predicted octanol–water partition coefficient (Wildman–Crippen LogP) is 3.89. The first-order valence-corrected chi connectivity index (χ1v) is 8.97. The Morgan fingerprint density at radius 3 is 2.42 bits per heavy atom. The van der Waals surface area contributed by atoms with E-state index < -0.39 is 11.2 Å². The number of hydrogen-bond acceptors (Lipinski definition) is 3. The van der Waals surface area contributed by atoms with Gasteiger partial charge in [-0.2, -0.15) is 0 Å². The van der Waals surface area contributed by atoms with Gasteiger partial charge in [-0.05, 0) is 45.8 Å². The maximum Gasteiger partial charge on any atom is 0.328 e. The third kappa shape index (κ3) is 4.15. The van der Waals surface area contributed by atoms with Crippen LogP contribution in [0.4, 0.5) is 0 Å². The number of ketones is 1. The topological polar surface area (TPSA) is 71.9 Å². The van der Waals surface area contributed by atoms with Crippen molar-refractivity contribution in [2.75, 3.05) is 0 Å². The first kappa shape index (κ1) is 18.6. The van der Waals surface area contributed by atoms with E-state index in [1.165, 1.54) is 10.8 Å². The molecule has 1 aromatic heterocycles. The second-order valence-electron chi connectivity index (χ2n) is 5.55. The van der Waals surface area contributed by atoms with Gasteiger partial charge in [0.2, 0.25) is 0 Å². The van der Waals surface area contributed by atoms with Crippen LogP contribution in [0.2, 0.25) is 10.0 Å². The van der Waals surface area contributed by atoms with E-state index in [0.29, 0.717) is 21.2 Å². The van der Waals surface area contributed by atoms with E-state index in [9.17, 15) is 14.4 Å². The SMILES string of the molecule is O=C(c1cc(Cl)cc(Cl)c1)c1cccc(Cn2cc(Br)c(=O)[nH]c2=O)c1. The number of halogens is 3. The zero-order valence-electron chi connectivity index (χ0n) is 13.1. The van der Waals surface area contributed by atoms with Crippen LogP contribution >= 0.6 is 39.1 Å². The average molecular weight is 454 g/mol. The molecule has 0 atom stereocenters. The maximum atomic E-state index is 12.7. The highest BCUT2D eigenvalue weighted by Crippen LogP contribution is 2.21. The molecule has 3 aromatic rings. The standard InChI is InChI=1S/C18H11BrCl2N2O3/c19-15-9-23(18(26)22-17(15)25)8-10-2-1-3-11(4-10)16(24)12-5-13(20)7-14(21)6-12/h1-7,9H,8H2,(H,22,25,26). The fourth-order valence-electron chi connectivity index (χ4n) is 2.46. The average Bonchev–Trinajstić information content (AvgIpc) is 2.58.